The lowest BCUT2D eigenvalue weighted by Crippen LogP contribution is -2.26. The Kier molecular flexibility index (Phi) is 8.64. The molecule has 0 aromatic heterocycles. The van der Waals surface area contributed by atoms with Gasteiger partial charge in [-0.25, -0.2) is 4.79 Å². The zero-order valence-corrected chi connectivity index (χ0v) is 22.9. The smallest absolute Gasteiger partial charge is 0.311 e. The van der Waals surface area contributed by atoms with E-state index in [1.165, 1.54) is 17.0 Å². The molecule has 0 aliphatic heterocycles. The normalized spacial score (nSPS) is 11.0. The summed E-state index contributed by atoms with van der Waals surface area (Å²) in [5.74, 6) is 0. The molecule has 0 N–H and O–H groups in total. The Morgan fingerprint density at radius 1 is 0.690 bits per heavy atom. The van der Waals surface area contributed by atoms with Crippen LogP contribution in [0.1, 0.15) is 11.1 Å². The molecule has 8 heteroatoms. The van der Waals surface area contributed by atoms with Gasteiger partial charge in [0.05, 0.1) is 10.6 Å². The molecule has 5 aromatic rings. The number of nitro benzene ring substituents is 1. The van der Waals surface area contributed by atoms with Gasteiger partial charge in [-0.2, -0.15) is 0 Å². The van der Waals surface area contributed by atoms with Crippen LogP contribution < -0.4 is 9.80 Å². The van der Waals surface area contributed by atoms with Crippen LogP contribution in [0.5, 0.6) is 0 Å². The van der Waals surface area contributed by atoms with Crippen LogP contribution in [0.2, 0.25) is 0 Å². The summed E-state index contributed by atoms with van der Waals surface area (Å²) in [7, 11) is 1.61. The average molecular weight is 557 g/mol. The van der Waals surface area contributed by atoms with Gasteiger partial charge in [-0.3, -0.25) is 19.9 Å². The van der Waals surface area contributed by atoms with E-state index in [2.05, 4.69) is 10.1 Å². The first-order valence-corrected chi connectivity index (χ1v) is 13.3. The number of nitro groups is 1. The van der Waals surface area contributed by atoms with Gasteiger partial charge in [0.25, 0.3) is 5.69 Å². The molecule has 0 unspecified atom stereocenters. The first kappa shape index (κ1) is 27.8. The lowest BCUT2D eigenvalue weighted by molar-refractivity contribution is -0.384. The number of benzene rings is 5. The van der Waals surface area contributed by atoms with Crippen LogP contribution in [0, 0.1) is 10.1 Å². The third kappa shape index (κ3) is 6.68. The van der Waals surface area contributed by atoms with Crippen LogP contribution in [-0.2, 0) is 11.3 Å². The fourth-order valence-electron chi connectivity index (χ4n) is 4.43. The van der Waals surface area contributed by atoms with E-state index in [4.69, 9.17) is 4.84 Å². The van der Waals surface area contributed by atoms with Crippen LogP contribution >= 0.6 is 0 Å². The first-order chi connectivity index (χ1) is 20.5. The molecular formula is C34H28N4O4. The van der Waals surface area contributed by atoms with Gasteiger partial charge in [-0.05, 0) is 59.7 Å². The Labute approximate surface area is 243 Å². The average Bonchev–Trinajstić information content (AvgIpc) is 3.04. The highest BCUT2D eigenvalue weighted by Crippen LogP contribution is 2.34. The van der Waals surface area contributed by atoms with Crippen molar-refractivity contribution in [1.29, 1.82) is 0 Å². The van der Waals surface area contributed by atoms with Gasteiger partial charge in [0.15, 0.2) is 0 Å². The third-order valence-corrected chi connectivity index (χ3v) is 6.66. The molecular weight excluding hydrogens is 528 g/mol. The van der Waals surface area contributed by atoms with Crippen molar-refractivity contribution in [2.75, 3.05) is 16.8 Å². The molecule has 42 heavy (non-hydrogen) atoms. The van der Waals surface area contributed by atoms with Crippen LogP contribution in [0.15, 0.2) is 145 Å². The summed E-state index contributed by atoms with van der Waals surface area (Å²) in [6, 6.07) is 43.3. The highest BCUT2D eigenvalue weighted by Gasteiger charge is 2.16. The fourth-order valence-corrected chi connectivity index (χ4v) is 4.43. The van der Waals surface area contributed by atoms with Gasteiger partial charge in [0.1, 0.15) is 0 Å². The molecule has 0 bridgehead atoms. The van der Waals surface area contributed by atoms with Crippen LogP contribution in [-0.4, -0.2) is 23.8 Å². The summed E-state index contributed by atoms with van der Waals surface area (Å²) in [5, 5.41) is 15.4. The van der Waals surface area contributed by atoms with Gasteiger partial charge < -0.3 is 4.90 Å². The molecule has 5 rings (SSSR count). The molecule has 0 saturated heterocycles. The second kappa shape index (κ2) is 13.1. The maximum absolute atomic E-state index is 12.8. The molecule has 0 aliphatic carbocycles. The molecule has 0 atom stereocenters. The molecule has 0 radical (unpaired) electrons. The van der Waals surface area contributed by atoms with Crippen molar-refractivity contribution in [3.8, 4) is 0 Å². The summed E-state index contributed by atoms with van der Waals surface area (Å²) in [6.07, 6.45) is -0.348. The van der Waals surface area contributed by atoms with Crippen molar-refractivity contribution in [3.05, 3.63) is 161 Å². The monoisotopic (exact) mass is 556 g/mol. The minimum absolute atomic E-state index is 0.000536. The van der Waals surface area contributed by atoms with Crippen molar-refractivity contribution in [2.24, 2.45) is 5.16 Å². The number of oxime groups is 1. The number of nitrogens with zero attached hydrogens (tertiary/aromatic N) is 4. The Morgan fingerprint density at radius 2 is 1.17 bits per heavy atom. The summed E-state index contributed by atoms with van der Waals surface area (Å²) in [5.41, 5.74) is 5.64. The number of rotatable bonds is 9. The highest BCUT2D eigenvalue weighted by molar-refractivity contribution is 6.02. The topological polar surface area (TPSA) is 88.3 Å². The summed E-state index contributed by atoms with van der Waals surface area (Å²) >= 11 is 0. The second-order valence-corrected chi connectivity index (χ2v) is 9.44. The zero-order chi connectivity index (χ0) is 29.3. The quantitative estimate of drug-likeness (QED) is 0.0789. The van der Waals surface area contributed by atoms with E-state index in [1.807, 2.05) is 103 Å². The van der Waals surface area contributed by atoms with Gasteiger partial charge >= 0.3 is 6.09 Å². The van der Waals surface area contributed by atoms with E-state index in [1.54, 1.807) is 31.3 Å². The molecule has 0 heterocycles. The van der Waals surface area contributed by atoms with Gasteiger partial charge in [-0.15, -0.1) is 0 Å². The molecule has 0 saturated carbocycles. The lowest BCUT2D eigenvalue weighted by Gasteiger charge is -2.25. The van der Waals surface area contributed by atoms with Crippen molar-refractivity contribution in [2.45, 2.75) is 6.42 Å². The standard InChI is InChI=1S/C34H28N4O4/c1-36(28-11-5-2-6-12-28)34(39)42-35-33(25-26-17-21-32(22-18-26)38(40)41)27-19-23-31(24-20-27)37(29-13-7-3-8-14-29)30-15-9-4-10-16-30/h2-24H,25H2,1H3/b35-33+. The van der Waals surface area contributed by atoms with E-state index >= 15 is 0 Å². The summed E-state index contributed by atoms with van der Waals surface area (Å²) < 4.78 is 0. The zero-order valence-electron chi connectivity index (χ0n) is 22.9. The van der Waals surface area contributed by atoms with Gasteiger partial charge in [-0.1, -0.05) is 84.0 Å². The van der Waals surface area contributed by atoms with Crippen LogP contribution in [0.25, 0.3) is 0 Å². The molecule has 8 nitrogen and oxygen atoms in total. The number of non-ortho nitro benzene ring substituents is 1. The number of carbonyl (C=O) groups excluding carboxylic acids is 1. The molecule has 5 aromatic carbocycles. The van der Waals surface area contributed by atoms with E-state index in [0.717, 1.165) is 28.2 Å². The Balaban J connectivity index is 1.46. The van der Waals surface area contributed by atoms with Gasteiger partial charge in [0.2, 0.25) is 0 Å². The van der Waals surface area contributed by atoms with Gasteiger partial charge in [0, 0.05) is 48.4 Å². The number of amides is 1. The Hall–Kier alpha value is -5.76. The molecule has 0 fully saturated rings. The molecule has 1 amide bonds. The second-order valence-electron chi connectivity index (χ2n) is 9.44. The van der Waals surface area contributed by atoms with E-state index in [9.17, 15) is 14.9 Å². The minimum Gasteiger partial charge on any atom is -0.311 e. The lowest BCUT2D eigenvalue weighted by atomic mass is 10.0. The van der Waals surface area contributed by atoms with E-state index in [0.29, 0.717) is 17.8 Å². The number of hydrogen-bond donors (Lipinski definition) is 0. The molecule has 208 valence electrons. The number of hydrogen-bond acceptors (Lipinski definition) is 6. The Bertz CT molecular complexity index is 1620. The number of carbonyl (C=O) groups is 1. The predicted octanol–water partition coefficient (Wildman–Crippen LogP) is 8.28. The van der Waals surface area contributed by atoms with E-state index < -0.39 is 11.0 Å². The van der Waals surface area contributed by atoms with Crippen molar-refractivity contribution < 1.29 is 14.6 Å². The number of para-hydroxylation sites is 3. The third-order valence-electron chi connectivity index (χ3n) is 6.66. The Morgan fingerprint density at radius 3 is 1.67 bits per heavy atom. The van der Waals surface area contributed by atoms with Crippen molar-refractivity contribution in [1.82, 2.24) is 0 Å². The SMILES string of the molecule is CN(C(=O)O/N=C(\Cc1ccc([N+](=O)[O-])cc1)c1ccc(N(c2ccccc2)c2ccccc2)cc1)c1ccccc1. The maximum atomic E-state index is 12.8. The molecule has 0 spiro atoms. The fraction of sp³-hybridized carbons (Fsp3) is 0.0588. The minimum atomic E-state index is -0.640. The van der Waals surface area contributed by atoms with Crippen molar-refractivity contribution >= 4 is 40.2 Å². The van der Waals surface area contributed by atoms with E-state index in [-0.39, 0.29) is 5.69 Å². The highest BCUT2D eigenvalue weighted by atomic mass is 16.7. The van der Waals surface area contributed by atoms with Crippen molar-refractivity contribution in [3.63, 3.8) is 0 Å². The summed E-state index contributed by atoms with van der Waals surface area (Å²) in [6.45, 7) is 0. The largest absolute Gasteiger partial charge is 0.440 e. The van der Waals surface area contributed by atoms with Crippen LogP contribution in [0.3, 0.4) is 0 Å². The summed E-state index contributed by atoms with van der Waals surface area (Å²) in [4.78, 5) is 32.4. The molecule has 0 aliphatic rings. The predicted molar refractivity (Wildman–Crippen MR) is 166 cm³/mol. The van der Waals surface area contributed by atoms with Crippen LogP contribution in [0.4, 0.5) is 33.2 Å². The first-order valence-electron chi connectivity index (χ1n) is 13.3. The number of anilines is 4. The maximum Gasteiger partial charge on any atom is 0.440 e.